The third-order valence-electron chi connectivity index (χ3n) is 7.54. The van der Waals surface area contributed by atoms with Gasteiger partial charge in [-0.05, 0) is 102 Å². The van der Waals surface area contributed by atoms with E-state index >= 15 is 0 Å². The van der Waals surface area contributed by atoms with E-state index in [9.17, 15) is 14.7 Å². The van der Waals surface area contributed by atoms with Crippen LogP contribution in [0.4, 0.5) is 5.69 Å². The Morgan fingerprint density at radius 2 is 1.81 bits per heavy atom. The number of anilines is 1. The minimum absolute atomic E-state index is 0.146. The Morgan fingerprint density at radius 3 is 2.38 bits per heavy atom. The van der Waals surface area contributed by atoms with Gasteiger partial charge in [-0.2, -0.15) is 0 Å². The summed E-state index contributed by atoms with van der Waals surface area (Å²) in [5, 5.41) is 13.1. The average molecular weight is 506 g/mol. The van der Waals surface area contributed by atoms with E-state index in [-0.39, 0.29) is 18.0 Å². The molecule has 1 fully saturated rings. The molecule has 0 spiro atoms. The van der Waals surface area contributed by atoms with Gasteiger partial charge >= 0.3 is 0 Å². The Hall–Kier alpha value is -3.04. The Kier molecular flexibility index (Phi) is 9.26. The fraction of sp³-hybridized carbons (Fsp3) is 0.548. The molecule has 1 aromatic heterocycles. The van der Waals surface area contributed by atoms with Crippen LogP contribution in [-0.2, 0) is 6.54 Å². The molecule has 0 unspecified atom stereocenters. The van der Waals surface area contributed by atoms with Gasteiger partial charge in [0.05, 0.1) is 0 Å². The molecule has 0 radical (unpaired) electrons. The molecule has 1 saturated carbocycles. The van der Waals surface area contributed by atoms with Gasteiger partial charge < -0.3 is 20.3 Å². The fourth-order valence-corrected chi connectivity index (χ4v) is 5.39. The molecule has 3 N–H and O–H groups in total. The van der Waals surface area contributed by atoms with Gasteiger partial charge in [0, 0.05) is 47.2 Å². The summed E-state index contributed by atoms with van der Waals surface area (Å²) >= 11 is 0. The third-order valence-corrected chi connectivity index (χ3v) is 7.54. The molecule has 1 aliphatic carbocycles. The molecule has 0 bridgehead atoms. The molecule has 200 valence electrons. The highest BCUT2D eigenvalue weighted by atomic mass is 16.3. The number of hydrogen-bond donors (Lipinski definition) is 3. The molecule has 1 aliphatic rings. The molecule has 1 heterocycles. The Labute approximate surface area is 221 Å². The predicted octanol–water partition coefficient (Wildman–Crippen LogP) is 5.15. The summed E-state index contributed by atoms with van der Waals surface area (Å²) < 4.78 is 0. The number of carbonyl (C=O) groups is 1. The molecule has 37 heavy (non-hydrogen) atoms. The van der Waals surface area contributed by atoms with E-state index in [2.05, 4.69) is 47.0 Å². The number of nitrogens with zero attached hydrogens (tertiary/aromatic N) is 1. The van der Waals surface area contributed by atoms with Crippen molar-refractivity contribution in [1.82, 2.24) is 10.3 Å². The maximum absolute atomic E-state index is 13.5. The van der Waals surface area contributed by atoms with Crippen LogP contribution in [0.25, 0.3) is 0 Å². The lowest BCUT2D eigenvalue weighted by molar-refractivity contribution is 0.0950. The Morgan fingerprint density at radius 1 is 1.14 bits per heavy atom. The monoisotopic (exact) mass is 505 g/mol. The molecule has 0 atom stereocenters. The summed E-state index contributed by atoms with van der Waals surface area (Å²) in [6.45, 7) is 14.4. The van der Waals surface area contributed by atoms with Gasteiger partial charge in [-0.15, -0.1) is 0 Å². The van der Waals surface area contributed by atoms with Crippen molar-refractivity contribution < 1.29 is 9.90 Å². The molecule has 1 aromatic carbocycles. The van der Waals surface area contributed by atoms with Crippen molar-refractivity contribution in [3.05, 3.63) is 62.1 Å². The van der Waals surface area contributed by atoms with Crippen molar-refractivity contribution in [3.8, 4) is 11.8 Å². The van der Waals surface area contributed by atoms with E-state index in [1.54, 1.807) is 19.9 Å². The normalized spacial score (nSPS) is 17.6. The Balaban J connectivity index is 1.98. The van der Waals surface area contributed by atoms with Crippen molar-refractivity contribution >= 4 is 11.6 Å². The van der Waals surface area contributed by atoms with E-state index in [0.717, 1.165) is 47.8 Å². The second-order valence-corrected chi connectivity index (χ2v) is 11.0. The molecule has 2 aromatic rings. The zero-order chi connectivity index (χ0) is 27.3. The van der Waals surface area contributed by atoms with Crippen LogP contribution in [0.5, 0.6) is 0 Å². The molecule has 3 rings (SSSR count). The first-order valence-corrected chi connectivity index (χ1v) is 13.6. The van der Waals surface area contributed by atoms with Crippen molar-refractivity contribution in [3.63, 3.8) is 0 Å². The number of amides is 1. The maximum atomic E-state index is 13.5. The summed E-state index contributed by atoms with van der Waals surface area (Å²) in [6, 6.07) is 6.18. The first kappa shape index (κ1) is 28.5. The van der Waals surface area contributed by atoms with Crippen LogP contribution in [0, 0.1) is 38.5 Å². The lowest BCUT2D eigenvalue weighted by Crippen LogP contribution is -2.39. The van der Waals surface area contributed by atoms with E-state index in [1.165, 1.54) is 19.3 Å². The van der Waals surface area contributed by atoms with Crippen LogP contribution in [0.15, 0.2) is 23.0 Å². The topological polar surface area (TPSA) is 85.4 Å². The number of pyridine rings is 1. The van der Waals surface area contributed by atoms with Gasteiger partial charge in [0.1, 0.15) is 5.60 Å². The summed E-state index contributed by atoms with van der Waals surface area (Å²) in [7, 11) is 0. The van der Waals surface area contributed by atoms with Gasteiger partial charge in [0.2, 0.25) is 0 Å². The van der Waals surface area contributed by atoms with Crippen molar-refractivity contribution in [1.29, 1.82) is 0 Å². The number of aromatic nitrogens is 1. The smallest absolute Gasteiger partial charge is 0.253 e. The van der Waals surface area contributed by atoms with E-state index in [0.29, 0.717) is 22.7 Å². The van der Waals surface area contributed by atoms with Gasteiger partial charge in [0.15, 0.2) is 0 Å². The van der Waals surface area contributed by atoms with Crippen LogP contribution in [-0.4, -0.2) is 34.2 Å². The van der Waals surface area contributed by atoms with Crippen LogP contribution in [0.2, 0.25) is 0 Å². The summed E-state index contributed by atoms with van der Waals surface area (Å²) in [4.78, 5) is 31.2. The molecule has 1 amide bonds. The second kappa shape index (κ2) is 12.0. The molecular formula is C31H43N3O3. The molecular weight excluding hydrogens is 462 g/mol. The number of aryl methyl sites for hydroxylation is 2. The van der Waals surface area contributed by atoms with E-state index < -0.39 is 5.60 Å². The van der Waals surface area contributed by atoms with E-state index in [4.69, 9.17) is 0 Å². The van der Waals surface area contributed by atoms with Crippen molar-refractivity contribution in [2.75, 3.05) is 11.4 Å². The zero-order valence-electron chi connectivity index (χ0n) is 23.5. The quantitative estimate of drug-likeness (QED) is 0.455. The van der Waals surface area contributed by atoms with Gasteiger partial charge in [-0.1, -0.05) is 25.2 Å². The maximum Gasteiger partial charge on any atom is 0.253 e. The molecule has 6 nitrogen and oxygen atoms in total. The molecule has 0 saturated heterocycles. The second-order valence-electron chi connectivity index (χ2n) is 11.0. The molecule has 0 aliphatic heterocycles. The highest BCUT2D eigenvalue weighted by molar-refractivity contribution is 5.97. The predicted molar refractivity (Wildman–Crippen MR) is 151 cm³/mol. The minimum atomic E-state index is -1.14. The number of H-pyrrole nitrogens is 1. The molecule has 6 heteroatoms. The SMILES string of the molecule is CCN(c1cc(C#CC(C)(C)O)cc(C(=O)NCc2c(C)cc(C)[nH]c2=O)c1C)[C@H]1CC[C@H](CC)CC1. The summed E-state index contributed by atoms with van der Waals surface area (Å²) in [5.41, 5.74) is 4.03. The minimum Gasteiger partial charge on any atom is -0.378 e. The number of hydrogen-bond acceptors (Lipinski definition) is 4. The average Bonchev–Trinajstić information content (AvgIpc) is 2.83. The number of aliphatic hydroxyl groups is 1. The number of nitrogens with one attached hydrogen (secondary N) is 2. The van der Waals surface area contributed by atoms with Crippen molar-refractivity contribution in [2.24, 2.45) is 5.92 Å². The fourth-order valence-electron chi connectivity index (χ4n) is 5.39. The van der Waals surface area contributed by atoms with Crippen LogP contribution >= 0.6 is 0 Å². The zero-order valence-corrected chi connectivity index (χ0v) is 23.5. The van der Waals surface area contributed by atoms with Crippen molar-refractivity contribution in [2.45, 2.75) is 98.8 Å². The van der Waals surface area contributed by atoms with Crippen LogP contribution < -0.4 is 15.8 Å². The number of rotatable bonds is 7. The number of carbonyl (C=O) groups excluding carboxylic acids is 1. The standard InChI is InChI=1S/C31H43N3O3/c1-8-23-10-12-25(13-11-23)34(9-2)28-18-24(14-15-31(6,7)37)17-26(22(28)5)29(35)32-19-27-20(3)16-21(4)33-30(27)36/h16-18,23,25,37H,8-13,19H2,1-7H3,(H,32,35)(H,33,36)/t23-,25-. The van der Waals surface area contributed by atoms with Crippen LogP contribution in [0.1, 0.15) is 98.1 Å². The first-order valence-electron chi connectivity index (χ1n) is 13.6. The van der Waals surface area contributed by atoms with Gasteiger partial charge in [-0.3, -0.25) is 9.59 Å². The lowest BCUT2D eigenvalue weighted by atomic mass is 9.83. The third kappa shape index (κ3) is 7.26. The summed E-state index contributed by atoms with van der Waals surface area (Å²) in [6.07, 6.45) is 5.97. The highest BCUT2D eigenvalue weighted by Crippen LogP contribution is 2.34. The number of benzene rings is 1. The Bertz CT molecular complexity index is 1240. The van der Waals surface area contributed by atoms with Gasteiger partial charge in [-0.25, -0.2) is 0 Å². The number of aromatic amines is 1. The highest BCUT2D eigenvalue weighted by Gasteiger charge is 2.27. The van der Waals surface area contributed by atoms with Gasteiger partial charge in [0.25, 0.3) is 11.5 Å². The largest absolute Gasteiger partial charge is 0.378 e. The van der Waals surface area contributed by atoms with E-state index in [1.807, 2.05) is 26.8 Å². The van der Waals surface area contributed by atoms with Crippen LogP contribution in [0.3, 0.4) is 0 Å². The summed E-state index contributed by atoms with van der Waals surface area (Å²) in [5.74, 6) is 6.53. The first-order chi connectivity index (χ1) is 17.4. The lowest BCUT2D eigenvalue weighted by Gasteiger charge is -2.39.